The molecule has 0 fully saturated rings. The zero-order valence-corrected chi connectivity index (χ0v) is 11.5. The molecule has 0 aliphatic rings. The fourth-order valence-corrected chi connectivity index (χ4v) is 2.02. The van der Waals surface area contributed by atoms with Crippen molar-refractivity contribution in [2.24, 2.45) is 5.73 Å². The van der Waals surface area contributed by atoms with Crippen molar-refractivity contribution in [2.75, 3.05) is 6.26 Å². The van der Waals surface area contributed by atoms with Crippen molar-refractivity contribution in [3.63, 3.8) is 0 Å². The highest BCUT2D eigenvalue weighted by molar-refractivity contribution is 7.98. The van der Waals surface area contributed by atoms with Crippen LogP contribution in [-0.4, -0.2) is 11.2 Å². The van der Waals surface area contributed by atoms with Gasteiger partial charge in [-0.15, -0.1) is 11.8 Å². The maximum absolute atomic E-state index is 5.94. The molecular formula is C13H13ClN2OS. The van der Waals surface area contributed by atoms with Gasteiger partial charge in [0.2, 0.25) is 5.88 Å². The fourth-order valence-electron chi connectivity index (χ4n) is 1.44. The van der Waals surface area contributed by atoms with E-state index in [1.807, 2.05) is 30.5 Å². The second kappa shape index (κ2) is 6.09. The summed E-state index contributed by atoms with van der Waals surface area (Å²) in [5.41, 5.74) is 6.40. The Morgan fingerprint density at radius 3 is 2.67 bits per heavy atom. The molecule has 0 atom stereocenters. The molecule has 0 aliphatic carbocycles. The van der Waals surface area contributed by atoms with Gasteiger partial charge >= 0.3 is 0 Å². The Morgan fingerprint density at radius 1 is 1.33 bits per heavy atom. The van der Waals surface area contributed by atoms with Gasteiger partial charge in [-0.25, -0.2) is 4.98 Å². The maximum atomic E-state index is 5.94. The quantitative estimate of drug-likeness (QED) is 0.868. The van der Waals surface area contributed by atoms with E-state index in [0.717, 1.165) is 11.3 Å². The van der Waals surface area contributed by atoms with Crippen LogP contribution in [0.15, 0.2) is 41.4 Å². The zero-order chi connectivity index (χ0) is 13.0. The van der Waals surface area contributed by atoms with Gasteiger partial charge in [0.1, 0.15) is 5.75 Å². The highest BCUT2D eigenvalue weighted by Crippen LogP contribution is 2.25. The van der Waals surface area contributed by atoms with Crippen molar-refractivity contribution in [2.45, 2.75) is 11.4 Å². The van der Waals surface area contributed by atoms with Gasteiger partial charge in [0.15, 0.2) is 0 Å². The van der Waals surface area contributed by atoms with Crippen LogP contribution in [0.3, 0.4) is 0 Å². The lowest BCUT2D eigenvalue weighted by Crippen LogP contribution is -1.99. The molecule has 1 aromatic heterocycles. The Bertz CT molecular complexity index is 531. The van der Waals surface area contributed by atoms with E-state index in [1.165, 1.54) is 4.90 Å². The Hall–Kier alpha value is -1.23. The number of nitrogens with two attached hydrogens (primary N) is 1. The van der Waals surface area contributed by atoms with Crippen LogP contribution in [0.1, 0.15) is 5.56 Å². The van der Waals surface area contributed by atoms with E-state index in [2.05, 4.69) is 4.98 Å². The summed E-state index contributed by atoms with van der Waals surface area (Å²) in [6.45, 7) is 0.364. The molecule has 5 heteroatoms. The van der Waals surface area contributed by atoms with E-state index in [1.54, 1.807) is 24.0 Å². The lowest BCUT2D eigenvalue weighted by molar-refractivity contribution is 0.462. The molecule has 3 nitrogen and oxygen atoms in total. The second-order valence-electron chi connectivity index (χ2n) is 3.60. The molecule has 0 radical (unpaired) electrons. The third kappa shape index (κ3) is 3.16. The molecule has 0 aliphatic heterocycles. The normalized spacial score (nSPS) is 10.4. The van der Waals surface area contributed by atoms with Crippen LogP contribution in [0.2, 0.25) is 5.02 Å². The van der Waals surface area contributed by atoms with E-state index in [-0.39, 0.29) is 0 Å². The van der Waals surface area contributed by atoms with Gasteiger partial charge < -0.3 is 10.5 Å². The number of pyridine rings is 1. The van der Waals surface area contributed by atoms with Crippen molar-refractivity contribution in [1.29, 1.82) is 0 Å². The summed E-state index contributed by atoms with van der Waals surface area (Å²) < 4.78 is 5.64. The van der Waals surface area contributed by atoms with Gasteiger partial charge in [0, 0.05) is 23.7 Å². The third-order valence-electron chi connectivity index (χ3n) is 2.41. The summed E-state index contributed by atoms with van der Waals surface area (Å²) in [4.78, 5) is 5.30. The smallest absolute Gasteiger partial charge is 0.219 e. The SMILES string of the molecule is CSc1ccc(Oc2cc(CN)c(Cl)cn2)cc1. The van der Waals surface area contributed by atoms with Gasteiger partial charge in [0.05, 0.1) is 5.02 Å². The van der Waals surface area contributed by atoms with E-state index in [4.69, 9.17) is 22.1 Å². The zero-order valence-electron chi connectivity index (χ0n) is 9.89. The third-order valence-corrected chi connectivity index (χ3v) is 3.50. The van der Waals surface area contributed by atoms with Gasteiger partial charge in [0.25, 0.3) is 0 Å². The Labute approximate surface area is 115 Å². The molecular weight excluding hydrogens is 268 g/mol. The molecule has 0 saturated heterocycles. The molecule has 0 saturated carbocycles. The Morgan fingerprint density at radius 2 is 2.06 bits per heavy atom. The minimum Gasteiger partial charge on any atom is -0.439 e. The van der Waals surface area contributed by atoms with Gasteiger partial charge in [-0.1, -0.05) is 11.6 Å². The number of benzene rings is 1. The van der Waals surface area contributed by atoms with Gasteiger partial charge in [-0.3, -0.25) is 0 Å². The molecule has 0 spiro atoms. The summed E-state index contributed by atoms with van der Waals surface area (Å²) in [5.74, 6) is 1.24. The predicted octanol–water partition coefficient (Wildman–Crippen LogP) is 3.71. The van der Waals surface area contributed by atoms with E-state index < -0.39 is 0 Å². The predicted molar refractivity (Wildman–Crippen MR) is 75.4 cm³/mol. The van der Waals surface area contributed by atoms with Gasteiger partial charge in [-0.2, -0.15) is 0 Å². The topological polar surface area (TPSA) is 48.1 Å². The summed E-state index contributed by atoms with van der Waals surface area (Å²) in [5, 5.41) is 0.558. The molecule has 1 aromatic carbocycles. The molecule has 0 bridgehead atoms. The first-order valence-electron chi connectivity index (χ1n) is 5.39. The average molecular weight is 281 g/mol. The van der Waals surface area contributed by atoms with E-state index in [9.17, 15) is 0 Å². The minimum absolute atomic E-state index is 0.364. The first-order chi connectivity index (χ1) is 8.72. The minimum atomic E-state index is 0.364. The molecule has 2 aromatic rings. The summed E-state index contributed by atoms with van der Waals surface area (Å²) in [6.07, 6.45) is 3.58. The molecule has 0 unspecified atom stereocenters. The Balaban J connectivity index is 2.17. The lowest BCUT2D eigenvalue weighted by atomic mass is 10.2. The van der Waals surface area contributed by atoms with Crippen LogP contribution >= 0.6 is 23.4 Å². The standard InChI is InChI=1S/C13H13ClN2OS/c1-18-11-4-2-10(3-5-11)17-13-6-9(7-15)12(14)8-16-13/h2-6,8H,7,15H2,1H3. The largest absolute Gasteiger partial charge is 0.439 e. The summed E-state index contributed by atoms with van der Waals surface area (Å²) in [7, 11) is 0. The van der Waals surface area contributed by atoms with Crippen LogP contribution in [0.5, 0.6) is 11.6 Å². The number of thioether (sulfide) groups is 1. The molecule has 94 valence electrons. The van der Waals surface area contributed by atoms with Crippen molar-refractivity contribution in [3.05, 3.63) is 47.1 Å². The van der Waals surface area contributed by atoms with Gasteiger partial charge in [-0.05, 0) is 36.1 Å². The molecule has 0 amide bonds. The van der Waals surface area contributed by atoms with Crippen LogP contribution in [0.4, 0.5) is 0 Å². The number of rotatable bonds is 4. The number of ether oxygens (including phenoxy) is 1. The summed E-state index contributed by atoms with van der Waals surface area (Å²) >= 11 is 7.62. The van der Waals surface area contributed by atoms with Crippen LogP contribution in [-0.2, 0) is 6.54 Å². The Kier molecular flexibility index (Phi) is 4.47. The fraction of sp³-hybridized carbons (Fsp3) is 0.154. The molecule has 2 rings (SSSR count). The number of nitrogens with zero attached hydrogens (tertiary/aromatic N) is 1. The van der Waals surface area contributed by atoms with Crippen molar-refractivity contribution >= 4 is 23.4 Å². The van der Waals surface area contributed by atoms with Crippen molar-refractivity contribution in [1.82, 2.24) is 4.98 Å². The van der Waals surface area contributed by atoms with E-state index >= 15 is 0 Å². The average Bonchev–Trinajstić information content (AvgIpc) is 2.42. The first kappa shape index (κ1) is 13.2. The number of hydrogen-bond donors (Lipinski definition) is 1. The first-order valence-corrected chi connectivity index (χ1v) is 6.99. The van der Waals surface area contributed by atoms with Crippen LogP contribution in [0.25, 0.3) is 0 Å². The van der Waals surface area contributed by atoms with Crippen LogP contribution in [0, 0.1) is 0 Å². The highest BCUT2D eigenvalue weighted by atomic mass is 35.5. The van der Waals surface area contributed by atoms with Crippen molar-refractivity contribution < 1.29 is 4.74 Å². The van der Waals surface area contributed by atoms with Crippen LogP contribution < -0.4 is 10.5 Å². The molecule has 2 N–H and O–H groups in total. The molecule has 18 heavy (non-hydrogen) atoms. The monoisotopic (exact) mass is 280 g/mol. The van der Waals surface area contributed by atoms with Crippen molar-refractivity contribution in [3.8, 4) is 11.6 Å². The number of halogens is 1. The number of aromatic nitrogens is 1. The lowest BCUT2D eigenvalue weighted by Gasteiger charge is -2.07. The summed E-state index contributed by atoms with van der Waals surface area (Å²) in [6, 6.07) is 9.57. The molecule has 1 heterocycles. The maximum Gasteiger partial charge on any atom is 0.219 e. The highest BCUT2D eigenvalue weighted by Gasteiger charge is 2.04. The second-order valence-corrected chi connectivity index (χ2v) is 4.88. The number of hydrogen-bond acceptors (Lipinski definition) is 4. The van der Waals surface area contributed by atoms with E-state index in [0.29, 0.717) is 17.4 Å².